The molecule has 1 aliphatic rings. The van der Waals surface area contributed by atoms with Gasteiger partial charge in [-0.2, -0.15) is 29.9 Å². The van der Waals surface area contributed by atoms with Crippen molar-refractivity contribution in [2.75, 3.05) is 19.6 Å². The van der Waals surface area contributed by atoms with Crippen LogP contribution in [0.1, 0.15) is 33.4 Å². The van der Waals surface area contributed by atoms with Crippen molar-refractivity contribution in [2.45, 2.75) is 39.3 Å². The van der Waals surface area contributed by atoms with E-state index in [0.717, 1.165) is 44.8 Å². The lowest BCUT2D eigenvalue weighted by atomic mass is 10.1. The van der Waals surface area contributed by atoms with Gasteiger partial charge in [0.2, 0.25) is 34.4 Å². The molecule has 9 rings (SSSR count). The summed E-state index contributed by atoms with van der Waals surface area (Å²) in [4.78, 5) is 37.9. The molecule has 0 N–H and O–H groups in total. The summed E-state index contributed by atoms with van der Waals surface area (Å²) in [5.41, 5.74) is 8.15. The monoisotopic (exact) mass is 826 g/mol. The number of rotatable bonds is 8. The molecule has 296 valence electrons. The van der Waals surface area contributed by atoms with Gasteiger partial charge in [0.1, 0.15) is 0 Å². The third-order valence-corrected chi connectivity index (χ3v) is 10.5. The van der Waals surface area contributed by atoms with Crippen molar-refractivity contribution in [3.63, 3.8) is 0 Å². The van der Waals surface area contributed by atoms with Gasteiger partial charge in [0.25, 0.3) is 0 Å². The first-order valence-corrected chi connectivity index (χ1v) is 20.5. The van der Waals surface area contributed by atoms with E-state index >= 15 is 0 Å². The van der Waals surface area contributed by atoms with Crippen LogP contribution in [0.5, 0.6) is 0 Å². The van der Waals surface area contributed by atoms with E-state index in [1.54, 1.807) is 0 Å². The molecule has 3 heterocycles. The number of aromatic nitrogens is 6. The van der Waals surface area contributed by atoms with Crippen molar-refractivity contribution in [3.05, 3.63) is 214 Å². The van der Waals surface area contributed by atoms with E-state index in [2.05, 4.69) is 98.5 Å². The van der Waals surface area contributed by atoms with Crippen molar-refractivity contribution >= 4 is 58.4 Å². The number of hydrogen-bond donors (Lipinski definition) is 0. The highest BCUT2D eigenvalue weighted by Gasteiger charge is 2.24. The summed E-state index contributed by atoms with van der Waals surface area (Å²) >= 11 is 13.7. The van der Waals surface area contributed by atoms with Gasteiger partial charge in [0, 0.05) is 37.6 Å². The molecule has 0 aliphatic carbocycles. The first-order valence-electron chi connectivity index (χ1n) is 19.7. The molecule has 0 saturated heterocycles. The maximum atomic E-state index is 6.87. The van der Waals surface area contributed by atoms with Crippen LogP contribution in [0.25, 0.3) is 0 Å². The number of hydrogen-bond acceptors (Lipinski definition) is 10. The van der Waals surface area contributed by atoms with E-state index in [1.807, 2.05) is 91.0 Å². The van der Waals surface area contributed by atoms with Crippen LogP contribution in [0.4, 0.5) is 35.2 Å². The fraction of sp³-hybridized carbons (Fsp3) is 0.125. The SMILES string of the molecule is Clc1nc2nc(n1)N(Cc1ccccc1)c1cccc(c1)N(Cc1ccccc1)c1nc(Cl)nc(n1)N(Cc1ccccc1)Cc1cccc(c1)CN2Cc1ccccc1. The van der Waals surface area contributed by atoms with E-state index in [1.165, 1.54) is 0 Å². The zero-order chi connectivity index (χ0) is 40.7. The minimum Gasteiger partial charge on any atom is -0.332 e. The predicted octanol–water partition coefficient (Wildman–Crippen LogP) is 10.8. The van der Waals surface area contributed by atoms with Crippen molar-refractivity contribution in [2.24, 2.45) is 0 Å². The molecule has 0 saturated carbocycles. The minimum atomic E-state index is 0.0973. The maximum Gasteiger partial charge on any atom is 0.236 e. The number of nitrogens with zero attached hydrogens (tertiary/aromatic N) is 10. The van der Waals surface area contributed by atoms with Crippen LogP contribution in [-0.4, -0.2) is 29.9 Å². The Morgan fingerprint density at radius 1 is 0.350 bits per heavy atom. The van der Waals surface area contributed by atoms with Gasteiger partial charge in [0.05, 0.1) is 13.1 Å². The molecular weight excluding hydrogens is 788 g/mol. The molecule has 0 radical (unpaired) electrons. The predicted molar refractivity (Wildman–Crippen MR) is 240 cm³/mol. The maximum absolute atomic E-state index is 6.87. The van der Waals surface area contributed by atoms with Crippen LogP contribution < -0.4 is 19.6 Å². The molecule has 0 atom stereocenters. The van der Waals surface area contributed by atoms with E-state index in [0.29, 0.717) is 63.1 Å². The largest absolute Gasteiger partial charge is 0.332 e. The molecule has 10 nitrogen and oxygen atoms in total. The Kier molecular flexibility index (Phi) is 11.6. The van der Waals surface area contributed by atoms with Gasteiger partial charge >= 0.3 is 0 Å². The molecule has 0 spiro atoms. The molecule has 8 aromatic rings. The molecule has 6 aromatic carbocycles. The van der Waals surface area contributed by atoms with Gasteiger partial charge in [-0.25, -0.2) is 0 Å². The van der Waals surface area contributed by atoms with Crippen LogP contribution >= 0.6 is 23.2 Å². The molecule has 0 unspecified atom stereocenters. The molecule has 1 aliphatic heterocycles. The summed E-state index contributed by atoms with van der Waals surface area (Å²) in [6, 6.07) is 57.8. The summed E-state index contributed by atoms with van der Waals surface area (Å²) < 4.78 is 0. The van der Waals surface area contributed by atoms with Crippen molar-refractivity contribution < 1.29 is 0 Å². The summed E-state index contributed by atoms with van der Waals surface area (Å²) in [7, 11) is 0. The summed E-state index contributed by atoms with van der Waals surface area (Å²) in [5, 5.41) is 0.195. The Labute approximate surface area is 359 Å². The lowest BCUT2D eigenvalue weighted by Crippen LogP contribution is -2.28. The molecule has 60 heavy (non-hydrogen) atoms. The second kappa shape index (κ2) is 17.9. The first-order chi connectivity index (χ1) is 29.5. The molecule has 0 amide bonds. The average Bonchev–Trinajstić information content (AvgIpc) is 3.28. The third-order valence-electron chi connectivity index (χ3n) is 10.2. The Bertz CT molecular complexity index is 2500. The lowest BCUT2D eigenvalue weighted by Gasteiger charge is -2.29. The van der Waals surface area contributed by atoms with Gasteiger partial charge < -0.3 is 19.6 Å². The second-order valence-corrected chi connectivity index (χ2v) is 15.3. The highest BCUT2D eigenvalue weighted by atomic mass is 35.5. The highest BCUT2D eigenvalue weighted by molar-refractivity contribution is 6.28. The molecular formula is C48H40Cl2N10. The summed E-state index contributed by atoms with van der Waals surface area (Å²) in [6.45, 7) is 3.01. The molecule has 8 bridgehead atoms. The van der Waals surface area contributed by atoms with Gasteiger partial charge in [-0.15, -0.1) is 0 Å². The Morgan fingerprint density at radius 3 is 1.10 bits per heavy atom. The van der Waals surface area contributed by atoms with E-state index < -0.39 is 0 Å². The Hall–Kier alpha value is -6.88. The van der Waals surface area contributed by atoms with Crippen molar-refractivity contribution in [3.8, 4) is 0 Å². The van der Waals surface area contributed by atoms with E-state index in [-0.39, 0.29) is 10.6 Å². The molecule has 2 aromatic heterocycles. The van der Waals surface area contributed by atoms with Gasteiger partial charge in [-0.3, -0.25) is 0 Å². The topological polar surface area (TPSA) is 90.3 Å². The smallest absolute Gasteiger partial charge is 0.236 e. The first kappa shape index (κ1) is 38.6. The summed E-state index contributed by atoms with van der Waals surface area (Å²) in [6.07, 6.45) is 0. The van der Waals surface area contributed by atoms with Crippen LogP contribution in [0.2, 0.25) is 10.6 Å². The third kappa shape index (κ3) is 9.36. The Morgan fingerprint density at radius 2 is 0.700 bits per heavy atom. The van der Waals surface area contributed by atoms with Crippen LogP contribution in [0, 0.1) is 0 Å². The zero-order valence-corrected chi connectivity index (χ0v) is 34.1. The second-order valence-electron chi connectivity index (χ2n) is 14.6. The average molecular weight is 828 g/mol. The molecule has 12 heteroatoms. The minimum absolute atomic E-state index is 0.0973. The lowest BCUT2D eigenvalue weighted by molar-refractivity contribution is 0.740. The van der Waals surface area contributed by atoms with E-state index in [9.17, 15) is 0 Å². The quantitative estimate of drug-likeness (QED) is 0.147. The summed E-state index contributed by atoms with van der Waals surface area (Å²) in [5.74, 6) is 1.76. The molecule has 0 fully saturated rings. The van der Waals surface area contributed by atoms with Crippen LogP contribution in [0.3, 0.4) is 0 Å². The fourth-order valence-electron chi connectivity index (χ4n) is 7.37. The van der Waals surface area contributed by atoms with Crippen LogP contribution in [0.15, 0.2) is 170 Å². The van der Waals surface area contributed by atoms with Crippen molar-refractivity contribution in [1.29, 1.82) is 0 Å². The zero-order valence-electron chi connectivity index (χ0n) is 32.6. The normalized spacial score (nSPS) is 12.8. The number of halogens is 2. The standard InChI is InChI=1S/C48H40Cl2N10/c49-43-51-45-55-47(53-43)59(33-37-19-9-3-10-20-37)41-25-14-26-42(28-41)60(34-38-21-11-4-12-22-38)48-54-44(50)52-46(56-48)58(30-36-17-7-2-8-18-36)32-40-24-13-23-39(27-40)31-57(45)29-35-15-5-1-6-16-35/h1-28H,29-34H2. The van der Waals surface area contributed by atoms with Gasteiger partial charge in [-0.1, -0.05) is 152 Å². The van der Waals surface area contributed by atoms with Gasteiger partial charge in [0.15, 0.2) is 0 Å². The Balaban J connectivity index is 1.25. The number of anilines is 6. The fourth-order valence-corrected chi connectivity index (χ4v) is 7.67. The van der Waals surface area contributed by atoms with Crippen LogP contribution in [-0.2, 0) is 39.3 Å². The van der Waals surface area contributed by atoms with Gasteiger partial charge in [-0.05, 0) is 74.8 Å². The van der Waals surface area contributed by atoms with Crippen molar-refractivity contribution in [1.82, 2.24) is 29.9 Å². The highest BCUT2D eigenvalue weighted by Crippen LogP contribution is 2.35. The number of fused-ring (bicyclic) bond motifs is 8. The van der Waals surface area contributed by atoms with E-state index in [4.69, 9.17) is 53.1 Å². The number of benzene rings is 6.